The Morgan fingerprint density at radius 2 is 1.76 bits per heavy atom. The summed E-state index contributed by atoms with van der Waals surface area (Å²) < 4.78 is 0.779. The molecule has 3 aromatic carbocycles. The van der Waals surface area contributed by atoms with Gasteiger partial charge < -0.3 is 14.8 Å². The number of nitrogens with one attached hydrogen (secondary N) is 1. The number of hydrogen-bond donors (Lipinski definition) is 1. The van der Waals surface area contributed by atoms with Gasteiger partial charge in [0.15, 0.2) is 0 Å². The van der Waals surface area contributed by atoms with Crippen LogP contribution in [0.1, 0.15) is 29.3 Å². The molecule has 1 N–H and O–H groups in total. The SMILES string of the molecule is Cc1ccc(SC2(C(=O)NCc3ccccn3)CC(=O)N(c3ccc(Cl)cc3)C2c2cn(C)c3cc(Cl)ccc23)cc1. The highest BCUT2D eigenvalue weighted by atomic mass is 35.5. The van der Waals surface area contributed by atoms with Crippen molar-refractivity contribution in [2.24, 2.45) is 7.05 Å². The normalized spacial score (nSPS) is 18.5. The highest BCUT2D eigenvalue weighted by molar-refractivity contribution is 8.01. The lowest BCUT2D eigenvalue weighted by atomic mass is 9.91. The van der Waals surface area contributed by atoms with Crippen LogP contribution in [-0.2, 0) is 23.2 Å². The van der Waals surface area contributed by atoms with Crippen LogP contribution in [0, 0.1) is 6.92 Å². The standard InChI is InChI=1S/C33H28Cl2N4O2S/c1-21-6-13-26(14-7-21)42-33(32(41)37-19-24-5-3-4-16-36-24)18-30(40)39(25-11-8-22(34)9-12-25)31(33)28-20-38(2)29-17-23(35)10-15-27(28)29/h3-17,20,31H,18-19H2,1-2H3,(H,37,41). The first-order valence-corrected chi connectivity index (χ1v) is 15.1. The first kappa shape index (κ1) is 28.3. The maximum Gasteiger partial charge on any atom is 0.239 e. The molecule has 6 nitrogen and oxygen atoms in total. The van der Waals surface area contributed by atoms with Gasteiger partial charge in [-0.3, -0.25) is 14.6 Å². The lowest BCUT2D eigenvalue weighted by molar-refractivity contribution is -0.125. The predicted octanol–water partition coefficient (Wildman–Crippen LogP) is 7.51. The van der Waals surface area contributed by atoms with Crippen LogP contribution >= 0.6 is 35.0 Å². The van der Waals surface area contributed by atoms with Crippen molar-refractivity contribution in [3.63, 3.8) is 0 Å². The number of rotatable bonds is 7. The number of amides is 2. The van der Waals surface area contributed by atoms with Gasteiger partial charge in [-0.25, -0.2) is 0 Å². The van der Waals surface area contributed by atoms with Crippen molar-refractivity contribution in [1.82, 2.24) is 14.9 Å². The van der Waals surface area contributed by atoms with Gasteiger partial charge >= 0.3 is 0 Å². The molecule has 1 fully saturated rings. The molecule has 9 heteroatoms. The van der Waals surface area contributed by atoms with E-state index in [9.17, 15) is 9.59 Å². The van der Waals surface area contributed by atoms with Gasteiger partial charge in [0.2, 0.25) is 11.8 Å². The number of pyridine rings is 1. The van der Waals surface area contributed by atoms with Crippen LogP contribution in [0.3, 0.4) is 0 Å². The van der Waals surface area contributed by atoms with E-state index >= 15 is 0 Å². The van der Waals surface area contributed by atoms with Crippen molar-refractivity contribution in [2.75, 3.05) is 4.90 Å². The summed E-state index contributed by atoms with van der Waals surface area (Å²) in [5.74, 6) is -0.389. The second-order valence-electron chi connectivity index (χ2n) is 10.5. The van der Waals surface area contributed by atoms with E-state index in [0.29, 0.717) is 15.7 Å². The second-order valence-corrected chi connectivity index (χ2v) is 12.8. The summed E-state index contributed by atoms with van der Waals surface area (Å²) in [7, 11) is 1.95. The Hall–Kier alpha value is -3.78. The number of aromatic nitrogens is 2. The zero-order valence-corrected chi connectivity index (χ0v) is 25.4. The fourth-order valence-electron chi connectivity index (χ4n) is 5.63. The highest BCUT2D eigenvalue weighted by Gasteiger charge is 2.59. The fourth-order valence-corrected chi connectivity index (χ4v) is 7.32. The van der Waals surface area contributed by atoms with E-state index < -0.39 is 10.8 Å². The quantitative estimate of drug-likeness (QED) is 0.206. The van der Waals surface area contributed by atoms with Crippen LogP contribution in [0.2, 0.25) is 10.0 Å². The summed E-state index contributed by atoms with van der Waals surface area (Å²) >= 11 is 14.0. The van der Waals surface area contributed by atoms with Gasteiger partial charge in [-0.2, -0.15) is 0 Å². The monoisotopic (exact) mass is 614 g/mol. The number of anilines is 1. The van der Waals surface area contributed by atoms with E-state index in [2.05, 4.69) is 10.3 Å². The number of carbonyl (C=O) groups excluding carboxylic acids is 2. The molecule has 1 saturated heterocycles. The molecule has 0 aliphatic carbocycles. The molecular weight excluding hydrogens is 587 g/mol. The van der Waals surface area contributed by atoms with E-state index in [1.54, 1.807) is 23.2 Å². The number of benzene rings is 3. The summed E-state index contributed by atoms with van der Waals surface area (Å²) in [5, 5.41) is 5.23. The smallest absolute Gasteiger partial charge is 0.239 e. The van der Waals surface area contributed by atoms with Gasteiger partial charge in [-0.1, -0.05) is 53.0 Å². The molecule has 1 aliphatic heterocycles. The van der Waals surface area contributed by atoms with Gasteiger partial charge in [0.1, 0.15) is 4.75 Å². The van der Waals surface area contributed by atoms with Crippen LogP contribution in [0.4, 0.5) is 5.69 Å². The summed E-state index contributed by atoms with van der Waals surface area (Å²) in [6, 6.07) is 25.9. The van der Waals surface area contributed by atoms with Crippen molar-refractivity contribution >= 4 is 63.4 Å². The molecule has 2 unspecified atom stereocenters. The molecule has 0 saturated carbocycles. The number of carbonyl (C=O) groups is 2. The van der Waals surface area contributed by atoms with Crippen LogP contribution in [0.5, 0.6) is 0 Å². The third-order valence-electron chi connectivity index (χ3n) is 7.63. The molecule has 6 rings (SSSR count). The molecule has 0 bridgehead atoms. The second kappa shape index (κ2) is 11.5. The molecule has 42 heavy (non-hydrogen) atoms. The Morgan fingerprint density at radius 3 is 2.48 bits per heavy atom. The van der Waals surface area contributed by atoms with Crippen molar-refractivity contribution in [2.45, 2.75) is 35.6 Å². The molecule has 2 amide bonds. The summed E-state index contributed by atoms with van der Waals surface area (Å²) in [5.41, 5.74) is 4.29. The first-order chi connectivity index (χ1) is 20.2. The molecule has 212 valence electrons. The molecule has 3 heterocycles. The Kier molecular flexibility index (Phi) is 7.75. The minimum absolute atomic E-state index is 0.00311. The van der Waals surface area contributed by atoms with E-state index in [0.717, 1.165) is 32.6 Å². The number of hydrogen-bond acceptors (Lipinski definition) is 4. The summed E-state index contributed by atoms with van der Waals surface area (Å²) in [6.45, 7) is 2.26. The van der Waals surface area contributed by atoms with Crippen molar-refractivity contribution < 1.29 is 9.59 Å². The van der Waals surface area contributed by atoms with Crippen molar-refractivity contribution in [3.05, 3.63) is 124 Å². The van der Waals surface area contributed by atoms with Gasteiger partial charge in [0.05, 0.1) is 24.7 Å². The summed E-state index contributed by atoms with van der Waals surface area (Å²) in [4.78, 5) is 35.7. The third-order valence-corrected chi connectivity index (χ3v) is 9.54. The van der Waals surface area contributed by atoms with E-state index in [-0.39, 0.29) is 24.8 Å². The molecule has 2 aromatic heterocycles. The topological polar surface area (TPSA) is 67.2 Å². The van der Waals surface area contributed by atoms with E-state index in [1.165, 1.54) is 11.8 Å². The minimum atomic E-state index is -1.21. The maximum atomic E-state index is 14.6. The molecule has 0 radical (unpaired) electrons. The predicted molar refractivity (Wildman–Crippen MR) is 170 cm³/mol. The number of thioether (sulfide) groups is 1. The van der Waals surface area contributed by atoms with E-state index in [4.69, 9.17) is 23.2 Å². The molecule has 5 aromatic rings. The minimum Gasteiger partial charge on any atom is -0.350 e. The lowest BCUT2D eigenvalue weighted by Gasteiger charge is -2.36. The van der Waals surface area contributed by atoms with Gasteiger partial charge in [-0.15, -0.1) is 11.8 Å². The fraction of sp³-hybridized carbons (Fsp3) is 0.182. The Balaban J connectivity index is 1.55. The number of halogens is 2. The van der Waals surface area contributed by atoms with Gasteiger partial charge in [-0.05, 0) is 67.6 Å². The molecule has 2 atom stereocenters. The number of aryl methyl sites for hydroxylation is 2. The first-order valence-electron chi connectivity index (χ1n) is 13.5. The van der Waals surface area contributed by atoms with Gasteiger partial charge in [0, 0.05) is 56.5 Å². The van der Waals surface area contributed by atoms with Gasteiger partial charge in [0.25, 0.3) is 0 Å². The van der Waals surface area contributed by atoms with Crippen LogP contribution < -0.4 is 10.2 Å². The largest absolute Gasteiger partial charge is 0.350 e. The Labute approximate surface area is 258 Å². The zero-order chi connectivity index (χ0) is 29.4. The maximum absolute atomic E-state index is 14.6. The Morgan fingerprint density at radius 1 is 1.02 bits per heavy atom. The van der Waals surface area contributed by atoms with Crippen LogP contribution in [0.25, 0.3) is 10.9 Å². The van der Waals surface area contributed by atoms with Crippen LogP contribution in [-0.4, -0.2) is 26.1 Å². The number of nitrogens with zero attached hydrogens (tertiary/aromatic N) is 3. The summed E-state index contributed by atoms with van der Waals surface area (Å²) in [6.07, 6.45) is 3.70. The van der Waals surface area contributed by atoms with Crippen molar-refractivity contribution in [3.8, 4) is 0 Å². The average Bonchev–Trinajstić information content (AvgIpc) is 3.46. The third kappa shape index (κ3) is 5.28. The molecule has 0 spiro atoms. The zero-order valence-electron chi connectivity index (χ0n) is 23.1. The number of fused-ring (bicyclic) bond motifs is 1. The molecule has 1 aliphatic rings. The molecular formula is C33H28Cl2N4O2S. The van der Waals surface area contributed by atoms with Crippen molar-refractivity contribution in [1.29, 1.82) is 0 Å². The Bertz CT molecular complexity index is 1770. The average molecular weight is 616 g/mol. The van der Waals surface area contributed by atoms with Crippen LogP contribution in [0.15, 0.2) is 102 Å². The lowest BCUT2D eigenvalue weighted by Crippen LogP contribution is -2.48. The van der Waals surface area contributed by atoms with E-state index in [1.807, 2.05) is 97.5 Å². The highest BCUT2D eigenvalue weighted by Crippen LogP contribution is 2.55.